The topological polar surface area (TPSA) is 81.4 Å². The smallest absolute Gasteiger partial charge is 0.240 e. The van der Waals surface area contributed by atoms with Crippen LogP contribution in [0.25, 0.3) is 0 Å². The van der Waals surface area contributed by atoms with Crippen LogP contribution in [0.3, 0.4) is 0 Å². The molecule has 0 saturated heterocycles. The predicted molar refractivity (Wildman–Crippen MR) is 85.8 cm³/mol. The van der Waals surface area contributed by atoms with E-state index in [2.05, 4.69) is 4.72 Å². The van der Waals surface area contributed by atoms with Gasteiger partial charge in [0.1, 0.15) is 4.99 Å². The minimum absolute atomic E-state index is 0.179. The lowest BCUT2D eigenvalue weighted by molar-refractivity contribution is -0.0659. The van der Waals surface area contributed by atoms with Gasteiger partial charge in [-0.1, -0.05) is 24.4 Å². The van der Waals surface area contributed by atoms with E-state index < -0.39 is 10.0 Å². The second kappa shape index (κ2) is 6.00. The van der Waals surface area contributed by atoms with Crippen molar-refractivity contribution in [2.24, 2.45) is 5.73 Å². The lowest BCUT2D eigenvalue weighted by Crippen LogP contribution is -2.49. The molecule has 1 aromatic carbocycles. The van der Waals surface area contributed by atoms with Crippen LogP contribution >= 0.6 is 12.2 Å². The molecule has 0 atom stereocenters. The van der Waals surface area contributed by atoms with Crippen LogP contribution in [0.2, 0.25) is 0 Å². The number of hydrogen-bond donors (Lipinski definition) is 2. The average molecular weight is 328 g/mol. The van der Waals surface area contributed by atoms with Crippen LogP contribution in [0.4, 0.5) is 0 Å². The first-order valence-electron chi connectivity index (χ1n) is 6.75. The Morgan fingerprint density at radius 1 is 1.48 bits per heavy atom. The zero-order chi connectivity index (χ0) is 15.7. The third-order valence-electron chi connectivity index (χ3n) is 4.04. The molecule has 0 unspecified atom stereocenters. The normalized spacial score (nSPS) is 17.2. The quantitative estimate of drug-likeness (QED) is 0.773. The summed E-state index contributed by atoms with van der Waals surface area (Å²) in [6.45, 7) is 2.02. The average Bonchev–Trinajstić information content (AvgIpc) is 2.38. The summed E-state index contributed by atoms with van der Waals surface area (Å²) in [7, 11) is -1.99. The maximum atomic E-state index is 12.5. The molecule has 3 N–H and O–H groups in total. The molecule has 0 spiro atoms. The van der Waals surface area contributed by atoms with Crippen LogP contribution < -0.4 is 10.5 Å². The monoisotopic (exact) mass is 328 g/mol. The van der Waals surface area contributed by atoms with Gasteiger partial charge in [0.05, 0.1) is 10.5 Å². The zero-order valence-electron chi connectivity index (χ0n) is 12.2. The molecule has 0 aromatic heterocycles. The van der Waals surface area contributed by atoms with Gasteiger partial charge in [-0.15, -0.1) is 0 Å². The number of rotatable bonds is 6. The Bertz CT molecular complexity index is 647. The molecule has 1 aromatic rings. The number of sulfonamides is 1. The van der Waals surface area contributed by atoms with Crippen molar-refractivity contribution in [3.8, 4) is 0 Å². The molecule has 0 bridgehead atoms. The maximum Gasteiger partial charge on any atom is 0.240 e. The summed E-state index contributed by atoms with van der Waals surface area (Å²) in [6, 6.07) is 4.94. The fourth-order valence-corrected chi connectivity index (χ4v) is 3.88. The van der Waals surface area contributed by atoms with Crippen LogP contribution in [0.15, 0.2) is 23.1 Å². The number of aryl methyl sites for hydroxylation is 1. The van der Waals surface area contributed by atoms with Gasteiger partial charge in [-0.25, -0.2) is 13.1 Å². The van der Waals surface area contributed by atoms with Gasteiger partial charge in [0.15, 0.2) is 0 Å². The first-order chi connectivity index (χ1) is 9.80. The highest BCUT2D eigenvalue weighted by atomic mass is 32.2. The van der Waals surface area contributed by atoms with Crippen molar-refractivity contribution in [2.75, 3.05) is 13.7 Å². The fourth-order valence-electron chi connectivity index (χ4n) is 2.37. The van der Waals surface area contributed by atoms with Crippen LogP contribution in [0.1, 0.15) is 30.4 Å². The molecule has 5 nitrogen and oxygen atoms in total. The molecule has 0 heterocycles. The number of ether oxygens (including phenoxy) is 1. The van der Waals surface area contributed by atoms with Crippen molar-refractivity contribution in [3.63, 3.8) is 0 Å². The van der Waals surface area contributed by atoms with Gasteiger partial charge >= 0.3 is 0 Å². The molecule has 21 heavy (non-hydrogen) atoms. The molecule has 1 fully saturated rings. The summed E-state index contributed by atoms with van der Waals surface area (Å²) in [6.07, 6.45) is 2.81. The SMILES string of the molecule is COC1(CNS(=O)(=O)c2cc(C(N)=S)ccc2C)CCC1. The van der Waals surface area contributed by atoms with Crippen molar-refractivity contribution in [1.82, 2.24) is 4.72 Å². The van der Waals surface area contributed by atoms with Gasteiger partial charge in [0.25, 0.3) is 0 Å². The van der Waals surface area contributed by atoms with Gasteiger partial charge in [-0.05, 0) is 37.8 Å². The summed E-state index contributed by atoms with van der Waals surface area (Å²) < 4.78 is 33.0. The van der Waals surface area contributed by atoms with Gasteiger partial charge in [-0.2, -0.15) is 0 Å². The largest absolute Gasteiger partial charge is 0.389 e. The first kappa shape index (κ1) is 16.4. The van der Waals surface area contributed by atoms with Crippen LogP contribution in [0, 0.1) is 6.92 Å². The van der Waals surface area contributed by atoms with E-state index in [1.807, 2.05) is 0 Å². The Labute approximate surface area is 130 Å². The second-order valence-electron chi connectivity index (χ2n) is 5.41. The third-order valence-corrected chi connectivity index (χ3v) is 5.82. The van der Waals surface area contributed by atoms with Crippen molar-refractivity contribution in [1.29, 1.82) is 0 Å². The first-order valence-corrected chi connectivity index (χ1v) is 8.64. The Morgan fingerprint density at radius 2 is 2.14 bits per heavy atom. The van der Waals surface area contributed by atoms with Crippen molar-refractivity contribution >= 4 is 27.2 Å². The third kappa shape index (κ3) is 3.42. The Balaban J connectivity index is 2.23. The fraction of sp³-hybridized carbons (Fsp3) is 0.500. The molecule has 0 aliphatic heterocycles. The van der Waals surface area contributed by atoms with E-state index in [1.54, 1.807) is 26.2 Å². The van der Waals surface area contributed by atoms with E-state index in [9.17, 15) is 8.42 Å². The molecule has 0 amide bonds. The number of nitrogens with two attached hydrogens (primary N) is 1. The highest BCUT2D eigenvalue weighted by molar-refractivity contribution is 7.89. The summed E-state index contributed by atoms with van der Waals surface area (Å²) in [4.78, 5) is 0.386. The van der Waals surface area contributed by atoms with Gasteiger partial charge < -0.3 is 10.5 Å². The number of methoxy groups -OCH3 is 1. The molecule has 1 aliphatic rings. The summed E-state index contributed by atoms with van der Waals surface area (Å²) >= 11 is 4.90. The molecule has 0 radical (unpaired) electrons. The second-order valence-corrected chi connectivity index (χ2v) is 7.58. The molecular formula is C14H20N2O3S2. The number of thiocarbonyl (C=S) groups is 1. The van der Waals surface area contributed by atoms with Crippen LogP contribution in [0.5, 0.6) is 0 Å². The highest BCUT2D eigenvalue weighted by Crippen LogP contribution is 2.34. The maximum absolute atomic E-state index is 12.5. The molecule has 1 aliphatic carbocycles. The van der Waals surface area contributed by atoms with Gasteiger partial charge in [0.2, 0.25) is 10.0 Å². The Morgan fingerprint density at radius 3 is 2.62 bits per heavy atom. The lowest BCUT2D eigenvalue weighted by Gasteiger charge is -2.40. The van der Waals surface area contributed by atoms with E-state index in [1.165, 1.54) is 6.07 Å². The number of hydrogen-bond acceptors (Lipinski definition) is 4. The van der Waals surface area contributed by atoms with E-state index in [4.69, 9.17) is 22.7 Å². The standard InChI is InChI=1S/C14H20N2O3S2/c1-10-4-5-11(13(15)20)8-12(10)21(17,18)16-9-14(19-2)6-3-7-14/h4-5,8,16H,3,6-7,9H2,1-2H3,(H2,15,20). The minimum atomic E-state index is -3.61. The van der Waals surface area contributed by atoms with Crippen LogP contribution in [-0.2, 0) is 14.8 Å². The zero-order valence-corrected chi connectivity index (χ0v) is 13.8. The van der Waals surface area contributed by atoms with Crippen molar-refractivity contribution in [2.45, 2.75) is 36.7 Å². The lowest BCUT2D eigenvalue weighted by atomic mass is 9.80. The van der Waals surface area contributed by atoms with Crippen LogP contribution in [-0.4, -0.2) is 32.7 Å². The number of nitrogens with one attached hydrogen (secondary N) is 1. The Hall–Kier alpha value is -1.02. The minimum Gasteiger partial charge on any atom is -0.389 e. The molecule has 2 rings (SSSR count). The van der Waals surface area contributed by atoms with Gasteiger partial charge in [0, 0.05) is 19.2 Å². The molecule has 116 valence electrons. The molecule has 1 saturated carbocycles. The molecule has 7 heteroatoms. The van der Waals surface area contributed by atoms with E-state index in [-0.39, 0.29) is 22.0 Å². The predicted octanol–water partition coefficient (Wildman–Crippen LogP) is 1.48. The van der Waals surface area contributed by atoms with Crippen molar-refractivity contribution in [3.05, 3.63) is 29.3 Å². The van der Waals surface area contributed by atoms with E-state index >= 15 is 0 Å². The number of benzene rings is 1. The van der Waals surface area contributed by atoms with E-state index in [0.29, 0.717) is 11.1 Å². The highest BCUT2D eigenvalue weighted by Gasteiger charge is 2.38. The Kier molecular flexibility index (Phi) is 4.67. The molecular weight excluding hydrogens is 308 g/mol. The summed E-state index contributed by atoms with van der Waals surface area (Å²) in [5.74, 6) is 0. The van der Waals surface area contributed by atoms with E-state index in [0.717, 1.165) is 19.3 Å². The summed E-state index contributed by atoms with van der Waals surface area (Å²) in [5, 5.41) is 0. The van der Waals surface area contributed by atoms with Crippen molar-refractivity contribution < 1.29 is 13.2 Å². The van der Waals surface area contributed by atoms with Gasteiger partial charge in [-0.3, -0.25) is 0 Å². The summed E-state index contributed by atoms with van der Waals surface area (Å²) in [5.41, 5.74) is 6.41.